The van der Waals surface area contributed by atoms with Crippen LogP contribution in [0.15, 0.2) is 24.3 Å². The van der Waals surface area contributed by atoms with Crippen molar-refractivity contribution in [2.75, 3.05) is 0 Å². The number of unbranched alkanes of at least 4 members (excludes halogenated alkanes) is 3. The highest BCUT2D eigenvalue weighted by atomic mass is 14.3. The fraction of sp³-hybridized carbons (Fsp3) is 0.682. The molecule has 0 aliphatic heterocycles. The summed E-state index contributed by atoms with van der Waals surface area (Å²) >= 11 is 0. The topological polar surface area (TPSA) is 23.8 Å². The second-order valence-electron chi connectivity index (χ2n) is 7.44. The minimum atomic E-state index is 0.768. The molecular formula is C22H33N. The first-order valence-corrected chi connectivity index (χ1v) is 9.81. The van der Waals surface area contributed by atoms with Crippen LogP contribution in [0.25, 0.3) is 0 Å². The number of aryl methyl sites for hydroxylation is 1. The van der Waals surface area contributed by atoms with E-state index in [1.54, 1.807) is 0 Å². The molecule has 0 spiro atoms. The average Bonchev–Trinajstić information content (AvgIpc) is 2.61. The summed E-state index contributed by atoms with van der Waals surface area (Å²) in [5.74, 6) is 2.04. The number of benzene rings is 1. The van der Waals surface area contributed by atoms with Crippen molar-refractivity contribution in [1.82, 2.24) is 0 Å². The van der Waals surface area contributed by atoms with E-state index in [-0.39, 0.29) is 0 Å². The van der Waals surface area contributed by atoms with Crippen molar-refractivity contribution in [1.29, 1.82) is 5.26 Å². The molecule has 2 rings (SSSR count). The highest BCUT2D eigenvalue weighted by Gasteiger charge is 2.20. The van der Waals surface area contributed by atoms with E-state index >= 15 is 0 Å². The lowest BCUT2D eigenvalue weighted by molar-refractivity contribution is 0.245. The van der Waals surface area contributed by atoms with Crippen LogP contribution >= 0.6 is 0 Å². The van der Waals surface area contributed by atoms with Gasteiger partial charge in [0.25, 0.3) is 0 Å². The van der Waals surface area contributed by atoms with Gasteiger partial charge < -0.3 is 0 Å². The van der Waals surface area contributed by atoms with E-state index in [1.807, 2.05) is 12.1 Å². The van der Waals surface area contributed by atoms with Gasteiger partial charge in [0.05, 0.1) is 11.6 Å². The molecule has 1 aliphatic rings. The molecule has 0 saturated heterocycles. The molecule has 1 saturated carbocycles. The molecule has 0 atom stereocenters. The van der Waals surface area contributed by atoms with E-state index in [0.717, 1.165) is 23.8 Å². The van der Waals surface area contributed by atoms with Crippen LogP contribution in [-0.2, 0) is 6.42 Å². The molecular weight excluding hydrogens is 278 g/mol. The summed E-state index contributed by atoms with van der Waals surface area (Å²) in [6, 6.07) is 10.3. The van der Waals surface area contributed by atoms with Gasteiger partial charge in [-0.05, 0) is 42.4 Å². The minimum Gasteiger partial charge on any atom is -0.192 e. The van der Waals surface area contributed by atoms with Crippen molar-refractivity contribution in [2.24, 2.45) is 11.8 Å². The third-order valence-corrected chi connectivity index (χ3v) is 5.59. The lowest BCUT2D eigenvalue weighted by atomic mass is 9.78. The maximum Gasteiger partial charge on any atom is 0.0991 e. The van der Waals surface area contributed by atoms with Gasteiger partial charge in [0.2, 0.25) is 0 Å². The molecule has 1 aliphatic carbocycles. The summed E-state index contributed by atoms with van der Waals surface area (Å²) in [5.41, 5.74) is 2.15. The molecule has 0 bridgehead atoms. The van der Waals surface area contributed by atoms with E-state index in [0.29, 0.717) is 0 Å². The first-order chi connectivity index (χ1) is 11.3. The standard InChI is InChI=1S/C22H33N/c1-2-3-4-7-19-10-12-20(13-11-19)8-5-6-9-21-14-16-22(18-23)17-15-21/h14-17,19-20H,2-13H2,1H3/t19-,20-. The number of hydrogen-bond acceptors (Lipinski definition) is 1. The van der Waals surface area contributed by atoms with Crippen LogP contribution in [0.5, 0.6) is 0 Å². The Balaban J connectivity index is 1.54. The molecule has 1 aromatic carbocycles. The molecule has 1 nitrogen and oxygen atoms in total. The first kappa shape index (κ1) is 18.1. The molecule has 0 heterocycles. The van der Waals surface area contributed by atoms with Crippen LogP contribution in [0.2, 0.25) is 0 Å². The van der Waals surface area contributed by atoms with Gasteiger partial charge in [-0.25, -0.2) is 0 Å². The third-order valence-electron chi connectivity index (χ3n) is 5.59. The molecule has 1 fully saturated rings. The molecule has 0 unspecified atom stereocenters. The summed E-state index contributed by atoms with van der Waals surface area (Å²) in [6.07, 6.45) is 16.9. The minimum absolute atomic E-state index is 0.768. The predicted octanol–water partition coefficient (Wildman–Crippen LogP) is 6.66. The maximum absolute atomic E-state index is 8.82. The first-order valence-electron chi connectivity index (χ1n) is 9.81. The number of nitriles is 1. The van der Waals surface area contributed by atoms with Crippen molar-refractivity contribution >= 4 is 0 Å². The van der Waals surface area contributed by atoms with Crippen LogP contribution in [-0.4, -0.2) is 0 Å². The Bertz CT molecular complexity index is 460. The van der Waals surface area contributed by atoms with Crippen LogP contribution < -0.4 is 0 Å². The van der Waals surface area contributed by atoms with Crippen LogP contribution in [0.3, 0.4) is 0 Å². The van der Waals surface area contributed by atoms with E-state index in [9.17, 15) is 0 Å². The Morgan fingerprint density at radius 2 is 1.43 bits per heavy atom. The predicted molar refractivity (Wildman–Crippen MR) is 98.3 cm³/mol. The molecule has 1 heteroatoms. The normalized spacial score (nSPS) is 21.0. The number of rotatable bonds is 9. The van der Waals surface area contributed by atoms with Crippen molar-refractivity contribution in [2.45, 2.75) is 84.0 Å². The van der Waals surface area contributed by atoms with E-state index in [2.05, 4.69) is 25.1 Å². The van der Waals surface area contributed by atoms with E-state index in [4.69, 9.17) is 5.26 Å². The average molecular weight is 312 g/mol. The summed E-state index contributed by atoms with van der Waals surface area (Å²) in [6.45, 7) is 2.30. The second kappa shape index (κ2) is 10.5. The molecule has 0 aromatic heterocycles. The van der Waals surface area contributed by atoms with Crippen LogP contribution in [0.1, 0.15) is 88.7 Å². The Hall–Kier alpha value is -1.29. The maximum atomic E-state index is 8.82. The molecule has 126 valence electrons. The molecule has 0 amide bonds. The summed E-state index contributed by atoms with van der Waals surface area (Å²) in [4.78, 5) is 0. The molecule has 23 heavy (non-hydrogen) atoms. The Morgan fingerprint density at radius 3 is 1.96 bits per heavy atom. The number of nitrogens with zero attached hydrogens (tertiary/aromatic N) is 1. The smallest absolute Gasteiger partial charge is 0.0991 e. The highest BCUT2D eigenvalue weighted by molar-refractivity contribution is 5.31. The third kappa shape index (κ3) is 6.78. The SMILES string of the molecule is CCCCC[C@H]1CC[C@H](CCCCc2ccc(C#N)cc2)CC1. The quantitative estimate of drug-likeness (QED) is 0.468. The van der Waals surface area contributed by atoms with Gasteiger partial charge >= 0.3 is 0 Å². The van der Waals surface area contributed by atoms with Crippen molar-refractivity contribution < 1.29 is 0 Å². The fourth-order valence-electron chi connectivity index (χ4n) is 4.00. The van der Waals surface area contributed by atoms with Gasteiger partial charge in [0.1, 0.15) is 0 Å². The van der Waals surface area contributed by atoms with E-state index < -0.39 is 0 Å². The van der Waals surface area contributed by atoms with Gasteiger partial charge in [-0.1, -0.05) is 83.3 Å². The Labute approximate surface area is 143 Å². The van der Waals surface area contributed by atoms with Crippen LogP contribution in [0.4, 0.5) is 0 Å². The van der Waals surface area contributed by atoms with Gasteiger partial charge in [-0.2, -0.15) is 5.26 Å². The lowest BCUT2D eigenvalue weighted by Crippen LogP contribution is -2.14. The largest absolute Gasteiger partial charge is 0.192 e. The van der Waals surface area contributed by atoms with Gasteiger partial charge in [-0.3, -0.25) is 0 Å². The van der Waals surface area contributed by atoms with Gasteiger partial charge in [0.15, 0.2) is 0 Å². The number of hydrogen-bond donors (Lipinski definition) is 0. The molecule has 0 radical (unpaired) electrons. The zero-order valence-corrected chi connectivity index (χ0v) is 14.9. The zero-order valence-electron chi connectivity index (χ0n) is 14.9. The summed E-state index contributed by atoms with van der Waals surface area (Å²) < 4.78 is 0. The highest BCUT2D eigenvalue weighted by Crippen LogP contribution is 2.34. The van der Waals surface area contributed by atoms with Gasteiger partial charge in [0, 0.05) is 0 Å². The summed E-state index contributed by atoms with van der Waals surface area (Å²) in [5, 5.41) is 8.82. The van der Waals surface area contributed by atoms with Crippen molar-refractivity contribution in [3.05, 3.63) is 35.4 Å². The van der Waals surface area contributed by atoms with Crippen molar-refractivity contribution in [3.8, 4) is 6.07 Å². The van der Waals surface area contributed by atoms with Crippen molar-refractivity contribution in [3.63, 3.8) is 0 Å². The monoisotopic (exact) mass is 311 g/mol. The van der Waals surface area contributed by atoms with E-state index in [1.165, 1.54) is 76.2 Å². The Morgan fingerprint density at radius 1 is 0.870 bits per heavy atom. The second-order valence-corrected chi connectivity index (χ2v) is 7.44. The van der Waals surface area contributed by atoms with Crippen LogP contribution in [0, 0.1) is 23.2 Å². The Kier molecular flexibility index (Phi) is 8.23. The lowest BCUT2D eigenvalue weighted by Gasteiger charge is -2.28. The molecule has 0 N–H and O–H groups in total. The molecule has 1 aromatic rings. The van der Waals surface area contributed by atoms with Gasteiger partial charge in [-0.15, -0.1) is 0 Å². The fourth-order valence-corrected chi connectivity index (χ4v) is 4.00. The summed E-state index contributed by atoms with van der Waals surface area (Å²) in [7, 11) is 0. The zero-order chi connectivity index (χ0) is 16.3.